The molecule has 0 radical (unpaired) electrons. The number of rotatable bonds is 2. The number of nitrogens with zero attached hydrogens (tertiary/aromatic N) is 1. The quantitative estimate of drug-likeness (QED) is 0.710. The molecule has 0 aliphatic carbocycles. The van der Waals surface area contributed by atoms with Crippen molar-refractivity contribution in [3.8, 4) is 0 Å². The van der Waals surface area contributed by atoms with Crippen molar-refractivity contribution >= 4 is 23.1 Å². The van der Waals surface area contributed by atoms with Gasteiger partial charge in [0.25, 0.3) is 0 Å². The largest absolute Gasteiger partial charge is 0.248 e. The van der Waals surface area contributed by atoms with E-state index in [1.54, 1.807) is 12.2 Å². The van der Waals surface area contributed by atoms with Crippen LogP contribution in [0.2, 0.25) is 0 Å². The Bertz CT molecular complexity index is 451. The van der Waals surface area contributed by atoms with Gasteiger partial charge in [0.05, 0.1) is 11.2 Å². The maximum Gasteiger partial charge on any atom is 0.0709 e. The third-order valence-electron chi connectivity index (χ3n) is 2.20. The topological polar surface area (TPSA) is 12.9 Å². The Balaban J connectivity index is 0.000000606. The lowest BCUT2D eigenvalue weighted by molar-refractivity contribution is 1.36. The molecule has 82 valence electrons. The van der Waals surface area contributed by atoms with Crippen LogP contribution in [0.4, 0.5) is 0 Å². The molecule has 0 N–H and O–H groups in total. The van der Waals surface area contributed by atoms with Crippen molar-refractivity contribution in [2.24, 2.45) is 0 Å². The van der Waals surface area contributed by atoms with Crippen molar-refractivity contribution in [3.63, 3.8) is 0 Å². The van der Waals surface area contributed by atoms with Gasteiger partial charge in [-0.05, 0) is 18.2 Å². The number of hydrogen-bond donors (Lipinski definition) is 0. The standard InChI is InChI=1S/C13H11N.C2H6/c1-3-10-9-11-7-5-6-8-13(11)14-12(10)4-2;1-2/h3-9H,1-2H2;1-2H3. The summed E-state index contributed by atoms with van der Waals surface area (Å²) in [4.78, 5) is 4.48. The van der Waals surface area contributed by atoms with Crippen LogP contribution in [0.25, 0.3) is 23.1 Å². The summed E-state index contributed by atoms with van der Waals surface area (Å²) in [5.74, 6) is 0. The molecule has 0 aliphatic heterocycles. The van der Waals surface area contributed by atoms with Crippen LogP contribution >= 0.6 is 0 Å². The van der Waals surface area contributed by atoms with Crippen LogP contribution in [-0.4, -0.2) is 4.98 Å². The minimum absolute atomic E-state index is 0.888. The number of hydrogen-bond acceptors (Lipinski definition) is 1. The fourth-order valence-corrected chi connectivity index (χ4v) is 1.47. The lowest BCUT2D eigenvalue weighted by Gasteiger charge is -2.02. The van der Waals surface area contributed by atoms with Crippen LogP contribution in [0, 0.1) is 0 Å². The van der Waals surface area contributed by atoms with E-state index in [4.69, 9.17) is 0 Å². The van der Waals surface area contributed by atoms with Crippen LogP contribution in [0.15, 0.2) is 43.5 Å². The first kappa shape index (κ1) is 12.2. The van der Waals surface area contributed by atoms with Gasteiger partial charge in [-0.15, -0.1) is 0 Å². The molecule has 0 atom stereocenters. The summed E-state index contributed by atoms with van der Waals surface area (Å²) in [5, 5.41) is 1.13. The first-order valence-corrected chi connectivity index (χ1v) is 5.50. The summed E-state index contributed by atoms with van der Waals surface area (Å²) in [6.45, 7) is 11.5. The molecule has 0 unspecified atom stereocenters. The predicted octanol–water partition coefficient (Wildman–Crippen LogP) is 4.55. The van der Waals surface area contributed by atoms with Crippen LogP contribution in [-0.2, 0) is 0 Å². The molecule has 0 amide bonds. The highest BCUT2D eigenvalue weighted by Gasteiger charge is 1.99. The molecule has 0 aliphatic rings. The fourth-order valence-electron chi connectivity index (χ4n) is 1.47. The minimum atomic E-state index is 0.888. The van der Waals surface area contributed by atoms with Gasteiger partial charge < -0.3 is 0 Å². The van der Waals surface area contributed by atoms with Crippen LogP contribution in [0.1, 0.15) is 25.1 Å². The zero-order valence-electron chi connectivity index (χ0n) is 9.90. The minimum Gasteiger partial charge on any atom is -0.248 e. The molecule has 2 rings (SSSR count). The van der Waals surface area contributed by atoms with E-state index in [1.165, 1.54) is 0 Å². The van der Waals surface area contributed by atoms with Gasteiger partial charge in [-0.1, -0.05) is 51.3 Å². The molecular formula is C15H17N. The molecule has 0 saturated heterocycles. The summed E-state index contributed by atoms with van der Waals surface area (Å²) >= 11 is 0. The average molecular weight is 211 g/mol. The summed E-state index contributed by atoms with van der Waals surface area (Å²) in [6, 6.07) is 10.1. The Morgan fingerprint density at radius 2 is 1.75 bits per heavy atom. The van der Waals surface area contributed by atoms with Gasteiger partial charge in [0, 0.05) is 10.9 Å². The average Bonchev–Trinajstić information content (AvgIpc) is 2.39. The molecule has 16 heavy (non-hydrogen) atoms. The second kappa shape index (κ2) is 5.86. The third kappa shape index (κ3) is 2.37. The number of pyridine rings is 1. The maximum atomic E-state index is 4.48. The van der Waals surface area contributed by atoms with Gasteiger partial charge >= 0.3 is 0 Å². The Kier molecular flexibility index (Phi) is 4.46. The van der Waals surface area contributed by atoms with E-state index in [2.05, 4.69) is 24.2 Å². The molecule has 1 aromatic heterocycles. The molecule has 0 bridgehead atoms. The van der Waals surface area contributed by atoms with Crippen LogP contribution in [0.3, 0.4) is 0 Å². The molecule has 1 nitrogen and oxygen atoms in total. The van der Waals surface area contributed by atoms with Crippen molar-refractivity contribution in [3.05, 3.63) is 54.7 Å². The summed E-state index contributed by atoms with van der Waals surface area (Å²) in [6.07, 6.45) is 3.56. The highest BCUT2D eigenvalue weighted by atomic mass is 14.7. The summed E-state index contributed by atoms with van der Waals surface area (Å²) in [7, 11) is 0. The highest BCUT2D eigenvalue weighted by Crippen LogP contribution is 2.18. The van der Waals surface area contributed by atoms with Gasteiger partial charge in [0.1, 0.15) is 0 Å². The SMILES string of the molecule is C=Cc1cc2ccccc2nc1C=C.CC. The van der Waals surface area contributed by atoms with Crippen LogP contribution in [0.5, 0.6) is 0 Å². The Labute approximate surface area is 97.1 Å². The first-order chi connectivity index (χ1) is 7.85. The number of fused-ring (bicyclic) bond motifs is 1. The highest BCUT2D eigenvalue weighted by molar-refractivity contribution is 5.83. The normalized spacial score (nSPS) is 9.12. The summed E-state index contributed by atoms with van der Waals surface area (Å²) in [5.41, 5.74) is 2.91. The molecule has 1 aromatic carbocycles. The van der Waals surface area contributed by atoms with Crippen molar-refractivity contribution in [1.29, 1.82) is 0 Å². The predicted molar refractivity (Wildman–Crippen MR) is 73.3 cm³/mol. The van der Waals surface area contributed by atoms with Crippen LogP contribution < -0.4 is 0 Å². The van der Waals surface area contributed by atoms with E-state index in [-0.39, 0.29) is 0 Å². The second-order valence-corrected chi connectivity index (χ2v) is 3.06. The van der Waals surface area contributed by atoms with E-state index in [1.807, 2.05) is 38.1 Å². The van der Waals surface area contributed by atoms with Crippen molar-refractivity contribution in [2.45, 2.75) is 13.8 Å². The Hall–Kier alpha value is -1.89. The first-order valence-electron chi connectivity index (χ1n) is 5.50. The van der Waals surface area contributed by atoms with Crippen molar-refractivity contribution < 1.29 is 0 Å². The van der Waals surface area contributed by atoms with Crippen molar-refractivity contribution in [1.82, 2.24) is 4.98 Å². The van der Waals surface area contributed by atoms with E-state index >= 15 is 0 Å². The van der Waals surface area contributed by atoms with Gasteiger partial charge in [-0.2, -0.15) is 0 Å². The van der Waals surface area contributed by atoms with Gasteiger partial charge in [0.15, 0.2) is 0 Å². The van der Waals surface area contributed by atoms with Crippen molar-refractivity contribution in [2.75, 3.05) is 0 Å². The lowest BCUT2D eigenvalue weighted by Crippen LogP contribution is -1.87. The molecule has 1 heteroatoms. The molecule has 2 aromatic rings. The van der Waals surface area contributed by atoms with Gasteiger partial charge in [-0.25, -0.2) is 4.98 Å². The van der Waals surface area contributed by atoms with Gasteiger partial charge in [-0.3, -0.25) is 0 Å². The molecule has 1 heterocycles. The summed E-state index contributed by atoms with van der Waals surface area (Å²) < 4.78 is 0. The maximum absolute atomic E-state index is 4.48. The van der Waals surface area contributed by atoms with Gasteiger partial charge in [0.2, 0.25) is 0 Å². The number of aromatic nitrogens is 1. The van der Waals surface area contributed by atoms with E-state index in [0.29, 0.717) is 0 Å². The van der Waals surface area contributed by atoms with E-state index in [0.717, 1.165) is 22.2 Å². The molecular weight excluding hydrogens is 194 g/mol. The Morgan fingerprint density at radius 3 is 2.38 bits per heavy atom. The number of para-hydroxylation sites is 1. The molecule has 0 spiro atoms. The Morgan fingerprint density at radius 1 is 1.06 bits per heavy atom. The van der Waals surface area contributed by atoms with E-state index in [9.17, 15) is 0 Å². The second-order valence-electron chi connectivity index (χ2n) is 3.06. The zero-order chi connectivity index (χ0) is 12.0. The lowest BCUT2D eigenvalue weighted by atomic mass is 10.1. The monoisotopic (exact) mass is 211 g/mol. The number of benzene rings is 1. The third-order valence-corrected chi connectivity index (χ3v) is 2.20. The fraction of sp³-hybridized carbons (Fsp3) is 0.133. The smallest absolute Gasteiger partial charge is 0.0709 e. The molecule has 0 saturated carbocycles. The molecule has 0 fully saturated rings. The zero-order valence-corrected chi connectivity index (χ0v) is 9.90. The van der Waals surface area contributed by atoms with E-state index < -0.39 is 0 Å².